The third-order valence-electron chi connectivity index (χ3n) is 3.03. The van der Waals surface area contributed by atoms with Gasteiger partial charge in [-0.3, -0.25) is 0 Å². The van der Waals surface area contributed by atoms with Crippen molar-refractivity contribution in [2.24, 2.45) is 0 Å². The summed E-state index contributed by atoms with van der Waals surface area (Å²) < 4.78 is 16.7. The van der Waals surface area contributed by atoms with Gasteiger partial charge < -0.3 is 4.57 Å². The molecule has 0 radical (unpaired) electrons. The van der Waals surface area contributed by atoms with Crippen LogP contribution in [0.1, 0.15) is 5.56 Å². The molecular formula is C15H11BrFN. The van der Waals surface area contributed by atoms with Crippen molar-refractivity contribution >= 4 is 26.8 Å². The fourth-order valence-corrected chi connectivity index (χ4v) is 2.37. The Morgan fingerprint density at radius 2 is 1.78 bits per heavy atom. The molecule has 3 rings (SSSR count). The van der Waals surface area contributed by atoms with Crippen molar-refractivity contribution in [2.75, 3.05) is 0 Å². The van der Waals surface area contributed by atoms with Crippen LogP contribution in [0.2, 0.25) is 0 Å². The summed E-state index contributed by atoms with van der Waals surface area (Å²) in [6.45, 7) is 0.750. The number of nitrogens with zero attached hydrogens (tertiary/aromatic N) is 1. The molecular weight excluding hydrogens is 293 g/mol. The van der Waals surface area contributed by atoms with Gasteiger partial charge in [-0.1, -0.05) is 34.1 Å². The molecule has 3 heteroatoms. The largest absolute Gasteiger partial charge is 0.343 e. The molecule has 0 aliphatic carbocycles. The maximum atomic E-state index is 13.6. The predicted molar refractivity (Wildman–Crippen MR) is 75.1 cm³/mol. The van der Waals surface area contributed by atoms with Crippen LogP contribution in [0.5, 0.6) is 0 Å². The molecule has 0 unspecified atom stereocenters. The molecule has 0 aliphatic heterocycles. The number of fused-ring (bicyclic) bond motifs is 1. The Bertz CT molecular complexity index is 685. The SMILES string of the molecule is Fc1cccc2c1ccn2Cc1ccc(Br)cc1. The van der Waals surface area contributed by atoms with Gasteiger partial charge in [0.2, 0.25) is 0 Å². The van der Waals surface area contributed by atoms with E-state index in [0.717, 1.165) is 16.5 Å². The van der Waals surface area contributed by atoms with Crippen molar-refractivity contribution in [3.05, 3.63) is 70.6 Å². The quantitative estimate of drug-likeness (QED) is 0.652. The van der Waals surface area contributed by atoms with Crippen LogP contribution in [0.25, 0.3) is 10.9 Å². The van der Waals surface area contributed by atoms with Gasteiger partial charge in [0.25, 0.3) is 0 Å². The Morgan fingerprint density at radius 1 is 1.00 bits per heavy atom. The average molecular weight is 304 g/mol. The van der Waals surface area contributed by atoms with E-state index in [1.165, 1.54) is 11.6 Å². The molecule has 3 aromatic rings. The number of aromatic nitrogens is 1. The lowest BCUT2D eigenvalue weighted by Gasteiger charge is -2.06. The number of hydrogen-bond donors (Lipinski definition) is 0. The van der Waals surface area contributed by atoms with Gasteiger partial charge >= 0.3 is 0 Å². The summed E-state index contributed by atoms with van der Waals surface area (Å²) in [7, 11) is 0. The molecule has 0 saturated carbocycles. The molecule has 0 bridgehead atoms. The lowest BCUT2D eigenvalue weighted by Crippen LogP contribution is -1.97. The van der Waals surface area contributed by atoms with Crippen molar-refractivity contribution in [1.29, 1.82) is 0 Å². The van der Waals surface area contributed by atoms with Crippen LogP contribution in [0.3, 0.4) is 0 Å². The molecule has 18 heavy (non-hydrogen) atoms. The fourth-order valence-electron chi connectivity index (χ4n) is 2.11. The number of hydrogen-bond acceptors (Lipinski definition) is 0. The maximum absolute atomic E-state index is 13.6. The Hall–Kier alpha value is -1.61. The minimum atomic E-state index is -0.165. The van der Waals surface area contributed by atoms with E-state index in [-0.39, 0.29) is 5.82 Å². The van der Waals surface area contributed by atoms with E-state index < -0.39 is 0 Å². The second kappa shape index (κ2) is 4.58. The van der Waals surface area contributed by atoms with Gasteiger partial charge in [-0.25, -0.2) is 4.39 Å². The van der Waals surface area contributed by atoms with Crippen LogP contribution in [0.4, 0.5) is 4.39 Å². The van der Waals surface area contributed by atoms with Crippen molar-refractivity contribution < 1.29 is 4.39 Å². The van der Waals surface area contributed by atoms with Crippen molar-refractivity contribution in [1.82, 2.24) is 4.57 Å². The van der Waals surface area contributed by atoms with Gasteiger partial charge in [-0.05, 0) is 35.9 Å². The second-order valence-electron chi connectivity index (χ2n) is 4.24. The third kappa shape index (κ3) is 2.06. The van der Waals surface area contributed by atoms with Crippen LogP contribution in [0.15, 0.2) is 59.2 Å². The minimum absolute atomic E-state index is 0.165. The molecule has 0 aliphatic rings. The first-order chi connectivity index (χ1) is 8.74. The predicted octanol–water partition coefficient (Wildman–Crippen LogP) is 4.59. The molecule has 0 fully saturated rings. The van der Waals surface area contributed by atoms with Crippen LogP contribution in [-0.4, -0.2) is 4.57 Å². The second-order valence-corrected chi connectivity index (χ2v) is 5.16. The first-order valence-corrected chi connectivity index (χ1v) is 6.51. The van der Waals surface area contributed by atoms with E-state index in [4.69, 9.17) is 0 Å². The molecule has 1 aromatic heterocycles. The minimum Gasteiger partial charge on any atom is -0.343 e. The molecule has 1 nitrogen and oxygen atoms in total. The van der Waals surface area contributed by atoms with Gasteiger partial charge in [0, 0.05) is 22.6 Å². The Labute approximate surface area is 113 Å². The van der Waals surface area contributed by atoms with Crippen LogP contribution in [-0.2, 0) is 6.54 Å². The highest BCUT2D eigenvalue weighted by Crippen LogP contribution is 2.20. The highest BCUT2D eigenvalue weighted by atomic mass is 79.9. The van der Waals surface area contributed by atoms with Crippen molar-refractivity contribution in [2.45, 2.75) is 6.54 Å². The fraction of sp³-hybridized carbons (Fsp3) is 0.0667. The lowest BCUT2D eigenvalue weighted by atomic mass is 10.2. The van der Waals surface area contributed by atoms with Crippen molar-refractivity contribution in [3.8, 4) is 0 Å². The first kappa shape index (κ1) is 11.5. The summed E-state index contributed by atoms with van der Waals surface area (Å²) >= 11 is 3.42. The maximum Gasteiger partial charge on any atom is 0.132 e. The monoisotopic (exact) mass is 303 g/mol. The van der Waals surface area contributed by atoms with E-state index in [0.29, 0.717) is 5.39 Å². The summed E-state index contributed by atoms with van der Waals surface area (Å²) in [6.07, 6.45) is 1.93. The Morgan fingerprint density at radius 3 is 2.56 bits per heavy atom. The zero-order chi connectivity index (χ0) is 12.5. The van der Waals surface area contributed by atoms with Crippen molar-refractivity contribution in [3.63, 3.8) is 0 Å². The molecule has 0 N–H and O–H groups in total. The summed E-state index contributed by atoms with van der Waals surface area (Å²) in [6, 6.07) is 15.2. The Kier molecular flexibility index (Phi) is 2.92. The van der Waals surface area contributed by atoms with Gasteiger partial charge in [-0.15, -0.1) is 0 Å². The first-order valence-electron chi connectivity index (χ1n) is 5.72. The van der Waals surface area contributed by atoms with E-state index in [1.807, 2.05) is 30.5 Å². The molecule has 90 valence electrons. The van der Waals surface area contributed by atoms with E-state index >= 15 is 0 Å². The van der Waals surface area contributed by atoms with E-state index in [9.17, 15) is 4.39 Å². The smallest absolute Gasteiger partial charge is 0.132 e. The third-order valence-corrected chi connectivity index (χ3v) is 3.56. The van der Waals surface area contributed by atoms with Crippen LogP contribution < -0.4 is 0 Å². The van der Waals surface area contributed by atoms with E-state index in [2.05, 4.69) is 32.6 Å². The zero-order valence-electron chi connectivity index (χ0n) is 9.61. The van der Waals surface area contributed by atoms with Gasteiger partial charge in [0.05, 0.1) is 5.52 Å². The zero-order valence-corrected chi connectivity index (χ0v) is 11.2. The molecule has 0 atom stereocenters. The highest BCUT2D eigenvalue weighted by molar-refractivity contribution is 9.10. The average Bonchev–Trinajstić information content (AvgIpc) is 2.77. The number of rotatable bonds is 2. The van der Waals surface area contributed by atoms with Gasteiger partial charge in [-0.2, -0.15) is 0 Å². The molecule has 2 aromatic carbocycles. The lowest BCUT2D eigenvalue weighted by molar-refractivity contribution is 0.639. The Balaban J connectivity index is 2.00. The van der Waals surface area contributed by atoms with Gasteiger partial charge in [0.1, 0.15) is 5.82 Å². The highest BCUT2D eigenvalue weighted by Gasteiger charge is 2.05. The molecule has 0 saturated heterocycles. The molecule has 1 heterocycles. The summed E-state index contributed by atoms with van der Waals surface area (Å²) in [5.41, 5.74) is 2.12. The number of halogens is 2. The molecule has 0 amide bonds. The van der Waals surface area contributed by atoms with Crippen LogP contribution >= 0.6 is 15.9 Å². The normalized spacial score (nSPS) is 11.0. The molecule has 0 spiro atoms. The van der Waals surface area contributed by atoms with Gasteiger partial charge in [0.15, 0.2) is 0 Å². The van der Waals surface area contributed by atoms with Crippen LogP contribution in [0, 0.1) is 5.82 Å². The summed E-state index contributed by atoms with van der Waals surface area (Å²) in [5, 5.41) is 0.676. The summed E-state index contributed by atoms with van der Waals surface area (Å²) in [4.78, 5) is 0. The number of benzene rings is 2. The topological polar surface area (TPSA) is 4.93 Å². The van der Waals surface area contributed by atoms with E-state index in [1.54, 1.807) is 6.07 Å². The standard InChI is InChI=1S/C15H11BrFN/c16-12-6-4-11(5-7-12)10-18-9-8-13-14(17)2-1-3-15(13)18/h1-9H,10H2. The summed E-state index contributed by atoms with van der Waals surface area (Å²) in [5.74, 6) is -0.165.